The van der Waals surface area contributed by atoms with Crippen LogP contribution in [-0.4, -0.2) is 52.9 Å². The molecule has 110 valence electrons. The molecule has 0 aliphatic carbocycles. The zero-order valence-corrected chi connectivity index (χ0v) is 10.9. The summed E-state index contributed by atoms with van der Waals surface area (Å²) in [5.41, 5.74) is -4.30. The molecule has 19 heavy (non-hydrogen) atoms. The number of halogens is 3. The monoisotopic (exact) mass is 300 g/mol. The van der Waals surface area contributed by atoms with Gasteiger partial charge in [0.25, 0.3) is 0 Å². The molecule has 0 aromatic heterocycles. The number of alkyl halides is 3. The van der Waals surface area contributed by atoms with Gasteiger partial charge in [-0.15, -0.1) is 0 Å². The highest BCUT2D eigenvalue weighted by Crippen LogP contribution is 2.29. The van der Waals surface area contributed by atoms with Gasteiger partial charge in [-0.1, -0.05) is 0 Å². The average molecular weight is 300 g/mol. The van der Waals surface area contributed by atoms with Gasteiger partial charge in [0.15, 0.2) is 0 Å². The van der Waals surface area contributed by atoms with E-state index in [1.165, 1.54) is 4.90 Å². The van der Waals surface area contributed by atoms with Crippen molar-refractivity contribution < 1.29 is 27.9 Å². The quantitative estimate of drug-likeness (QED) is 0.776. The van der Waals surface area contributed by atoms with Gasteiger partial charge in [-0.2, -0.15) is 13.2 Å². The standard InChI is InChI=1S/C10H15F3N2O3S/c11-10(12,13)19-5-3-14-9(18)15-4-1-2-7(6-15)8(16)17/h7H,1-6H2,(H,14,18)(H,16,17). The van der Waals surface area contributed by atoms with Crippen LogP contribution in [0.5, 0.6) is 0 Å². The van der Waals surface area contributed by atoms with Gasteiger partial charge in [0.1, 0.15) is 0 Å². The Kier molecular flexibility index (Phi) is 5.77. The number of piperidine rings is 1. The Morgan fingerprint density at radius 2 is 2.11 bits per heavy atom. The highest BCUT2D eigenvalue weighted by molar-refractivity contribution is 8.00. The number of carboxylic acid groups (broad SMARTS) is 1. The summed E-state index contributed by atoms with van der Waals surface area (Å²) in [6, 6.07) is -0.506. The van der Waals surface area contributed by atoms with Crippen LogP contribution in [0.4, 0.5) is 18.0 Å². The number of thioether (sulfide) groups is 1. The van der Waals surface area contributed by atoms with Gasteiger partial charge < -0.3 is 15.3 Å². The Morgan fingerprint density at radius 1 is 1.42 bits per heavy atom. The molecule has 1 rings (SSSR count). The summed E-state index contributed by atoms with van der Waals surface area (Å²) >= 11 is -0.200. The largest absolute Gasteiger partial charge is 0.481 e. The zero-order chi connectivity index (χ0) is 14.5. The van der Waals surface area contributed by atoms with E-state index in [1.807, 2.05) is 0 Å². The lowest BCUT2D eigenvalue weighted by Crippen LogP contribution is -2.47. The number of hydrogen-bond acceptors (Lipinski definition) is 3. The minimum Gasteiger partial charge on any atom is -0.481 e. The third kappa shape index (κ3) is 6.04. The molecule has 1 fully saturated rings. The van der Waals surface area contributed by atoms with Crippen molar-refractivity contribution >= 4 is 23.8 Å². The van der Waals surface area contributed by atoms with Crippen LogP contribution >= 0.6 is 11.8 Å². The van der Waals surface area contributed by atoms with Crippen LogP contribution in [-0.2, 0) is 4.79 Å². The minimum atomic E-state index is -4.30. The van der Waals surface area contributed by atoms with Gasteiger partial charge in [0.05, 0.1) is 5.92 Å². The summed E-state index contributed by atoms with van der Waals surface area (Å²) in [6.45, 7) is 0.437. The van der Waals surface area contributed by atoms with E-state index in [1.54, 1.807) is 0 Å². The van der Waals surface area contributed by atoms with Crippen molar-refractivity contribution in [2.45, 2.75) is 18.3 Å². The Morgan fingerprint density at radius 3 is 2.68 bits per heavy atom. The van der Waals surface area contributed by atoms with E-state index >= 15 is 0 Å². The molecule has 1 atom stereocenters. The molecule has 1 saturated heterocycles. The lowest BCUT2D eigenvalue weighted by molar-refractivity contribution is -0.143. The Bertz CT molecular complexity index is 338. The third-order valence-electron chi connectivity index (χ3n) is 2.70. The molecule has 9 heteroatoms. The maximum absolute atomic E-state index is 11.8. The summed E-state index contributed by atoms with van der Waals surface area (Å²) in [4.78, 5) is 23.8. The summed E-state index contributed by atoms with van der Waals surface area (Å²) in [5, 5.41) is 11.2. The van der Waals surface area contributed by atoms with E-state index in [0.717, 1.165) is 0 Å². The van der Waals surface area contributed by atoms with E-state index in [2.05, 4.69) is 5.32 Å². The molecule has 0 aromatic rings. The van der Waals surface area contributed by atoms with Crippen molar-refractivity contribution in [3.63, 3.8) is 0 Å². The van der Waals surface area contributed by atoms with Crippen molar-refractivity contribution in [3.8, 4) is 0 Å². The van der Waals surface area contributed by atoms with Gasteiger partial charge in [0.2, 0.25) is 0 Å². The van der Waals surface area contributed by atoms with Gasteiger partial charge in [-0.3, -0.25) is 4.79 Å². The van der Waals surface area contributed by atoms with Crippen LogP contribution < -0.4 is 5.32 Å². The van der Waals surface area contributed by atoms with Crippen LogP contribution in [0.3, 0.4) is 0 Å². The van der Waals surface area contributed by atoms with Crippen molar-refractivity contribution in [2.75, 3.05) is 25.4 Å². The number of likely N-dealkylation sites (tertiary alicyclic amines) is 1. The smallest absolute Gasteiger partial charge is 0.441 e. The number of hydrogen-bond donors (Lipinski definition) is 2. The van der Waals surface area contributed by atoms with E-state index in [0.29, 0.717) is 19.4 Å². The highest BCUT2D eigenvalue weighted by atomic mass is 32.2. The number of carbonyl (C=O) groups is 2. The number of rotatable bonds is 4. The maximum Gasteiger partial charge on any atom is 0.441 e. The number of nitrogens with one attached hydrogen (secondary N) is 1. The first-order valence-electron chi connectivity index (χ1n) is 5.76. The molecule has 2 N–H and O–H groups in total. The molecular weight excluding hydrogens is 285 g/mol. The fourth-order valence-electron chi connectivity index (χ4n) is 1.80. The molecular formula is C10H15F3N2O3S. The average Bonchev–Trinajstić information content (AvgIpc) is 2.33. The molecule has 2 amide bonds. The number of carboxylic acids is 1. The van der Waals surface area contributed by atoms with Gasteiger partial charge in [-0.05, 0) is 24.6 Å². The highest BCUT2D eigenvalue weighted by Gasteiger charge is 2.29. The van der Waals surface area contributed by atoms with Crippen molar-refractivity contribution in [1.82, 2.24) is 10.2 Å². The lowest BCUT2D eigenvalue weighted by Gasteiger charge is -2.30. The normalized spacial score (nSPS) is 20.2. The molecule has 0 bridgehead atoms. The molecule has 1 heterocycles. The van der Waals surface area contributed by atoms with Gasteiger partial charge in [-0.25, -0.2) is 4.79 Å². The number of amides is 2. The molecule has 5 nitrogen and oxygen atoms in total. The van der Waals surface area contributed by atoms with E-state index in [9.17, 15) is 22.8 Å². The second-order valence-corrected chi connectivity index (χ2v) is 5.31. The zero-order valence-electron chi connectivity index (χ0n) is 10.1. The Labute approximate surface area is 112 Å². The number of urea groups is 1. The van der Waals surface area contributed by atoms with Crippen LogP contribution in [0.2, 0.25) is 0 Å². The van der Waals surface area contributed by atoms with E-state index < -0.39 is 23.4 Å². The molecule has 1 aliphatic heterocycles. The first-order valence-corrected chi connectivity index (χ1v) is 6.74. The second-order valence-electron chi connectivity index (χ2n) is 4.15. The topological polar surface area (TPSA) is 69.6 Å². The fourth-order valence-corrected chi connectivity index (χ4v) is 2.24. The lowest BCUT2D eigenvalue weighted by atomic mass is 9.99. The van der Waals surface area contributed by atoms with Crippen molar-refractivity contribution in [1.29, 1.82) is 0 Å². The molecule has 0 spiro atoms. The maximum atomic E-state index is 11.8. The SMILES string of the molecule is O=C(O)C1CCCN(C(=O)NCCSC(F)(F)F)C1. The fraction of sp³-hybridized carbons (Fsp3) is 0.800. The van der Waals surface area contributed by atoms with Crippen LogP contribution in [0.15, 0.2) is 0 Å². The molecule has 0 radical (unpaired) electrons. The van der Waals surface area contributed by atoms with Crippen molar-refractivity contribution in [3.05, 3.63) is 0 Å². The summed E-state index contributed by atoms with van der Waals surface area (Å²) < 4.78 is 35.5. The molecule has 0 saturated carbocycles. The molecule has 1 aliphatic rings. The number of nitrogens with zero attached hydrogens (tertiary/aromatic N) is 1. The first kappa shape index (κ1) is 15.9. The Hall–Kier alpha value is -1.12. The summed E-state index contributed by atoms with van der Waals surface area (Å²) in [5.74, 6) is -1.81. The molecule has 0 aromatic carbocycles. The number of aliphatic carboxylic acids is 1. The summed E-state index contributed by atoms with van der Waals surface area (Å²) in [7, 11) is 0. The summed E-state index contributed by atoms with van der Waals surface area (Å²) in [6.07, 6.45) is 1.10. The van der Waals surface area contributed by atoms with E-state index in [-0.39, 0.29) is 30.6 Å². The van der Waals surface area contributed by atoms with Crippen molar-refractivity contribution in [2.24, 2.45) is 5.92 Å². The van der Waals surface area contributed by atoms with E-state index in [4.69, 9.17) is 5.11 Å². The van der Waals surface area contributed by atoms with Gasteiger partial charge in [0, 0.05) is 25.4 Å². The van der Waals surface area contributed by atoms with Crippen LogP contribution in [0, 0.1) is 5.92 Å². The first-order chi connectivity index (χ1) is 8.79. The predicted octanol–water partition coefficient (Wildman–Crippen LogP) is 1.75. The minimum absolute atomic E-state index is 0.1000. The predicted molar refractivity (Wildman–Crippen MR) is 63.8 cm³/mol. The van der Waals surface area contributed by atoms with Crippen LogP contribution in [0.25, 0.3) is 0 Å². The number of carbonyl (C=O) groups excluding carboxylic acids is 1. The van der Waals surface area contributed by atoms with Gasteiger partial charge >= 0.3 is 17.5 Å². The second kappa shape index (κ2) is 6.88. The van der Waals surface area contributed by atoms with Crippen LogP contribution in [0.1, 0.15) is 12.8 Å². The third-order valence-corrected chi connectivity index (χ3v) is 3.44. The molecule has 1 unspecified atom stereocenters. The Balaban J connectivity index is 2.27.